The molecule has 210 valence electrons. The van der Waals surface area contributed by atoms with Crippen LogP contribution in [0, 0.1) is 13.8 Å². The molecule has 0 fully saturated rings. The van der Waals surface area contributed by atoms with Crippen molar-refractivity contribution < 1.29 is 22.8 Å². The van der Waals surface area contributed by atoms with Gasteiger partial charge in [0.25, 0.3) is 5.91 Å². The highest BCUT2D eigenvalue weighted by atomic mass is 32.1. The Morgan fingerprint density at radius 2 is 1.85 bits per heavy atom. The van der Waals surface area contributed by atoms with Crippen molar-refractivity contribution >= 4 is 34.0 Å². The molecule has 0 atom stereocenters. The lowest BCUT2D eigenvalue weighted by molar-refractivity contribution is -0.138. The van der Waals surface area contributed by atoms with Crippen molar-refractivity contribution in [2.75, 3.05) is 10.6 Å². The SMILES string of the molecule is CC(=O)Nc1ncc(-c2cn(-c3cc(C(=O)Nc4cc(CNC(C)C)c(C)c(C(F)(F)F)c4)ccc3C)nn2)s1. The van der Waals surface area contributed by atoms with E-state index in [0.717, 1.165) is 11.6 Å². The van der Waals surface area contributed by atoms with Crippen molar-refractivity contribution in [3.63, 3.8) is 0 Å². The first-order valence-electron chi connectivity index (χ1n) is 12.3. The second kappa shape index (κ2) is 11.6. The average Bonchev–Trinajstić information content (AvgIpc) is 3.53. The molecular weight excluding hydrogens is 543 g/mol. The van der Waals surface area contributed by atoms with Gasteiger partial charge in [0, 0.05) is 37.0 Å². The van der Waals surface area contributed by atoms with E-state index >= 15 is 0 Å². The van der Waals surface area contributed by atoms with Gasteiger partial charge in [0.05, 0.1) is 22.3 Å². The van der Waals surface area contributed by atoms with Crippen molar-refractivity contribution in [2.24, 2.45) is 0 Å². The van der Waals surface area contributed by atoms with Gasteiger partial charge in [-0.05, 0) is 54.8 Å². The van der Waals surface area contributed by atoms with E-state index in [2.05, 4.69) is 31.2 Å². The monoisotopic (exact) mass is 571 g/mol. The van der Waals surface area contributed by atoms with Crippen LogP contribution < -0.4 is 16.0 Å². The number of aromatic nitrogens is 4. The normalized spacial score (nSPS) is 11.6. The van der Waals surface area contributed by atoms with Gasteiger partial charge in [0.15, 0.2) is 5.13 Å². The van der Waals surface area contributed by atoms with E-state index in [9.17, 15) is 22.8 Å². The van der Waals surface area contributed by atoms with E-state index in [1.54, 1.807) is 36.7 Å². The summed E-state index contributed by atoms with van der Waals surface area (Å²) >= 11 is 1.24. The van der Waals surface area contributed by atoms with Crippen LogP contribution in [0.2, 0.25) is 0 Å². The molecule has 0 aliphatic heterocycles. The van der Waals surface area contributed by atoms with Gasteiger partial charge < -0.3 is 16.0 Å². The summed E-state index contributed by atoms with van der Waals surface area (Å²) in [5.41, 5.74) is 1.94. The molecule has 9 nitrogen and oxygen atoms in total. The van der Waals surface area contributed by atoms with Crippen LogP contribution in [-0.2, 0) is 17.5 Å². The van der Waals surface area contributed by atoms with Crippen molar-refractivity contribution in [2.45, 2.75) is 53.4 Å². The van der Waals surface area contributed by atoms with Gasteiger partial charge in [-0.25, -0.2) is 9.67 Å². The minimum Gasteiger partial charge on any atom is -0.322 e. The second-order valence-corrected chi connectivity index (χ2v) is 10.6. The molecule has 0 saturated heterocycles. The Balaban J connectivity index is 1.60. The lowest BCUT2D eigenvalue weighted by atomic mass is 10.00. The molecule has 0 radical (unpaired) electrons. The highest BCUT2D eigenvalue weighted by molar-refractivity contribution is 7.19. The fraction of sp³-hybridized carbons (Fsp3) is 0.296. The third-order valence-electron chi connectivity index (χ3n) is 6.03. The number of thiazole rings is 1. The summed E-state index contributed by atoms with van der Waals surface area (Å²) in [6, 6.07) is 7.50. The highest BCUT2D eigenvalue weighted by Crippen LogP contribution is 2.35. The molecule has 2 amide bonds. The number of nitrogens with one attached hydrogen (secondary N) is 3. The van der Waals surface area contributed by atoms with E-state index in [1.807, 2.05) is 20.8 Å². The Kier molecular flexibility index (Phi) is 8.35. The topological polar surface area (TPSA) is 114 Å². The smallest absolute Gasteiger partial charge is 0.322 e. The van der Waals surface area contributed by atoms with Crippen molar-refractivity contribution in [1.82, 2.24) is 25.3 Å². The zero-order valence-corrected chi connectivity index (χ0v) is 23.3. The summed E-state index contributed by atoms with van der Waals surface area (Å²) in [4.78, 5) is 29.3. The molecular formula is C27H28F3N7O2S. The van der Waals surface area contributed by atoms with Crippen LogP contribution >= 0.6 is 11.3 Å². The van der Waals surface area contributed by atoms with Gasteiger partial charge in [0.2, 0.25) is 5.91 Å². The fourth-order valence-corrected chi connectivity index (χ4v) is 4.75. The van der Waals surface area contributed by atoms with Crippen molar-refractivity contribution in [3.05, 3.63) is 70.5 Å². The van der Waals surface area contributed by atoms with E-state index in [-0.39, 0.29) is 35.3 Å². The molecule has 0 bridgehead atoms. The third kappa shape index (κ3) is 6.72. The molecule has 2 aromatic heterocycles. The number of hydrogen-bond donors (Lipinski definition) is 3. The van der Waals surface area contributed by atoms with Gasteiger partial charge in [-0.1, -0.05) is 36.5 Å². The van der Waals surface area contributed by atoms with E-state index in [4.69, 9.17) is 0 Å². The van der Waals surface area contributed by atoms with Crippen LogP contribution in [0.5, 0.6) is 0 Å². The number of amides is 2. The predicted octanol–water partition coefficient (Wildman–Crippen LogP) is 5.74. The van der Waals surface area contributed by atoms with Crippen molar-refractivity contribution in [1.29, 1.82) is 0 Å². The first kappa shape index (κ1) is 28.9. The van der Waals surface area contributed by atoms with Crippen LogP contribution in [0.3, 0.4) is 0 Å². The van der Waals surface area contributed by atoms with E-state index < -0.39 is 17.6 Å². The minimum atomic E-state index is -4.57. The van der Waals surface area contributed by atoms with Crippen molar-refractivity contribution in [3.8, 4) is 16.3 Å². The van der Waals surface area contributed by atoms with Crippen LogP contribution in [-0.4, -0.2) is 37.8 Å². The summed E-state index contributed by atoms with van der Waals surface area (Å²) in [5.74, 6) is -0.803. The zero-order valence-electron chi connectivity index (χ0n) is 22.5. The number of aryl methyl sites for hydroxylation is 1. The highest BCUT2D eigenvalue weighted by Gasteiger charge is 2.34. The quantitative estimate of drug-likeness (QED) is 0.249. The third-order valence-corrected chi connectivity index (χ3v) is 6.97. The van der Waals surface area contributed by atoms with Crippen LogP contribution in [0.1, 0.15) is 53.4 Å². The summed E-state index contributed by atoms with van der Waals surface area (Å²) in [5, 5.41) is 17.1. The first-order valence-corrected chi connectivity index (χ1v) is 13.2. The first-order chi connectivity index (χ1) is 18.8. The number of benzene rings is 2. The average molecular weight is 572 g/mol. The number of alkyl halides is 3. The molecule has 4 aromatic rings. The Bertz CT molecular complexity index is 1560. The Morgan fingerprint density at radius 1 is 1.10 bits per heavy atom. The summed E-state index contributed by atoms with van der Waals surface area (Å²) in [6.07, 6.45) is -1.33. The second-order valence-electron chi connectivity index (χ2n) is 9.56. The molecule has 0 aliphatic carbocycles. The van der Waals surface area contributed by atoms with Crippen LogP contribution in [0.25, 0.3) is 16.3 Å². The Morgan fingerprint density at radius 3 is 2.52 bits per heavy atom. The largest absolute Gasteiger partial charge is 0.416 e. The molecule has 2 aromatic carbocycles. The fourth-order valence-electron chi connectivity index (χ4n) is 3.93. The number of rotatable bonds is 8. The molecule has 0 saturated carbocycles. The Labute approximate surface area is 232 Å². The number of nitrogens with zero attached hydrogens (tertiary/aromatic N) is 4. The van der Waals surface area contributed by atoms with Gasteiger partial charge in [0.1, 0.15) is 5.69 Å². The molecule has 3 N–H and O–H groups in total. The zero-order chi connectivity index (χ0) is 29.2. The summed E-state index contributed by atoms with van der Waals surface area (Å²) in [6.45, 7) is 8.69. The van der Waals surface area contributed by atoms with Gasteiger partial charge >= 0.3 is 6.18 Å². The number of hydrogen-bond acceptors (Lipinski definition) is 7. The minimum absolute atomic E-state index is 0.0498. The molecule has 13 heteroatoms. The van der Waals surface area contributed by atoms with Crippen LogP contribution in [0.15, 0.2) is 42.7 Å². The maximum atomic E-state index is 13.8. The maximum absolute atomic E-state index is 13.8. The maximum Gasteiger partial charge on any atom is 0.416 e. The molecule has 0 aliphatic rings. The van der Waals surface area contributed by atoms with E-state index in [0.29, 0.717) is 27.0 Å². The molecule has 0 unspecified atom stereocenters. The lowest BCUT2D eigenvalue weighted by Gasteiger charge is -2.18. The molecule has 2 heterocycles. The number of anilines is 2. The van der Waals surface area contributed by atoms with Crippen LogP contribution in [0.4, 0.5) is 24.0 Å². The van der Waals surface area contributed by atoms with Gasteiger partial charge in [-0.2, -0.15) is 13.2 Å². The summed E-state index contributed by atoms with van der Waals surface area (Å²) < 4.78 is 42.8. The lowest BCUT2D eigenvalue weighted by Crippen LogP contribution is -2.23. The van der Waals surface area contributed by atoms with E-state index in [1.165, 1.54) is 29.9 Å². The number of halogens is 3. The van der Waals surface area contributed by atoms with Gasteiger partial charge in [-0.3, -0.25) is 9.59 Å². The molecule has 0 spiro atoms. The number of carbonyl (C=O) groups is 2. The van der Waals surface area contributed by atoms with Gasteiger partial charge in [-0.15, -0.1) is 5.10 Å². The predicted molar refractivity (Wildman–Crippen MR) is 148 cm³/mol. The standard InChI is InChI=1S/C27H28F3N7O2S/c1-14(2)31-11-19-8-20(10-21(16(19)4)27(28,29)30)34-25(39)18-7-6-15(3)23(9-18)37-13-22(35-36-37)24-12-32-26(40-24)33-17(5)38/h6-10,12-14,31H,11H2,1-5H3,(H,34,39)(H,32,33,38). The molecule has 4 rings (SSSR count). The molecule has 40 heavy (non-hydrogen) atoms. The number of carbonyl (C=O) groups excluding carboxylic acids is 2. The Hall–Kier alpha value is -4.10. The summed E-state index contributed by atoms with van der Waals surface area (Å²) in [7, 11) is 0.